The van der Waals surface area contributed by atoms with E-state index in [0.717, 1.165) is 12.8 Å². The quantitative estimate of drug-likeness (QED) is 0.813. The number of aliphatic hydroxyl groups is 1. The highest BCUT2D eigenvalue weighted by molar-refractivity contribution is 7.99. The van der Waals surface area contributed by atoms with Crippen LogP contribution < -0.4 is 0 Å². The van der Waals surface area contributed by atoms with Crippen LogP contribution in [0.2, 0.25) is 0 Å². The molecule has 1 aliphatic rings. The molecule has 0 bridgehead atoms. The molecule has 1 nitrogen and oxygen atoms in total. The molecule has 2 heteroatoms. The zero-order chi connectivity index (χ0) is 12.4. The lowest BCUT2D eigenvalue weighted by Gasteiger charge is -2.41. The Hall–Kier alpha value is -0.470. The number of hydrogen-bond donors (Lipinski definition) is 1. The predicted molar refractivity (Wildman–Crippen MR) is 74.6 cm³/mol. The summed E-state index contributed by atoms with van der Waals surface area (Å²) in [5, 5.41) is 10.3. The van der Waals surface area contributed by atoms with Gasteiger partial charge in [-0.25, -0.2) is 0 Å². The molecule has 1 N–H and O–H groups in total. The second kappa shape index (κ2) is 5.45. The van der Waals surface area contributed by atoms with Crippen molar-refractivity contribution >= 4 is 11.8 Å². The third-order valence-electron chi connectivity index (χ3n) is 3.66. The van der Waals surface area contributed by atoms with E-state index in [4.69, 9.17) is 0 Å². The minimum atomic E-state index is -0.0743. The van der Waals surface area contributed by atoms with Gasteiger partial charge in [-0.15, -0.1) is 11.8 Å². The molecule has 94 valence electrons. The maximum absolute atomic E-state index is 9.71. The Balaban J connectivity index is 2.03. The van der Waals surface area contributed by atoms with Gasteiger partial charge < -0.3 is 5.11 Å². The van der Waals surface area contributed by atoms with Crippen LogP contribution in [-0.4, -0.2) is 16.5 Å². The van der Waals surface area contributed by atoms with Crippen molar-refractivity contribution in [3.63, 3.8) is 0 Å². The normalized spacial score (nSPS) is 28.2. The van der Waals surface area contributed by atoms with Crippen LogP contribution in [0.5, 0.6) is 0 Å². The summed E-state index contributed by atoms with van der Waals surface area (Å²) in [6, 6.07) is 8.92. The summed E-state index contributed by atoms with van der Waals surface area (Å²) in [6.45, 7) is 6.60. The van der Waals surface area contributed by atoms with Crippen LogP contribution in [-0.2, 0) is 0 Å². The zero-order valence-corrected chi connectivity index (χ0v) is 11.7. The van der Waals surface area contributed by atoms with Crippen LogP contribution in [0.25, 0.3) is 0 Å². The third-order valence-corrected chi connectivity index (χ3v) is 4.67. The van der Waals surface area contributed by atoms with Crippen molar-refractivity contribution in [2.24, 2.45) is 5.92 Å². The van der Waals surface area contributed by atoms with Gasteiger partial charge in [0.15, 0.2) is 0 Å². The maximum Gasteiger partial charge on any atom is 0.0580 e. The van der Waals surface area contributed by atoms with Gasteiger partial charge in [0.25, 0.3) is 0 Å². The van der Waals surface area contributed by atoms with Crippen molar-refractivity contribution in [3.05, 3.63) is 29.8 Å². The van der Waals surface area contributed by atoms with E-state index in [9.17, 15) is 5.11 Å². The molecular formula is C15H22OS. The van der Waals surface area contributed by atoms with Crippen molar-refractivity contribution in [1.82, 2.24) is 0 Å². The Kier molecular flexibility index (Phi) is 4.16. The molecule has 0 aromatic heterocycles. The molecule has 0 amide bonds. The highest BCUT2D eigenvalue weighted by Gasteiger charge is 2.39. The Morgan fingerprint density at radius 1 is 1.29 bits per heavy atom. The fourth-order valence-electron chi connectivity index (χ4n) is 2.69. The number of aliphatic hydroxyl groups excluding tert-OH is 1. The van der Waals surface area contributed by atoms with E-state index in [-0.39, 0.29) is 6.10 Å². The van der Waals surface area contributed by atoms with Crippen LogP contribution in [0, 0.1) is 5.92 Å². The lowest BCUT2D eigenvalue weighted by molar-refractivity contribution is -0.000739. The maximum atomic E-state index is 9.71. The first-order valence-electron chi connectivity index (χ1n) is 6.56. The van der Waals surface area contributed by atoms with E-state index >= 15 is 0 Å². The number of benzene rings is 1. The standard InChI is InChI=1S/C15H22OS/c1-4-13-14(9-15(13)16)11-5-7-12(8-6-11)17-10(2)3/h5-8,10,13-16H,4,9H2,1-3H3. The van der Waals surface area contributed by atoms with Crippen LogP contribution in [0.15, 0.2) is 29.2 Å². The second-order valence-electron chi connectivity index (χ2n) is 5.22. The molecule has 0 saturated heterocycles. The minimum Gasteiger partial charge on any atom is -0.393 e. The summed E-state index contributed by atoms with van der Waals surface area (Å²) < 4.78 is 0. The fraction of sp³-hybridized carbons (Fsp3) is 0.600. The lowest BCUT2D eigenvalue weighted by Crippen LogP contribution is -2.38. The first-order valence-corrected chi connectivity index (χ1v) is 7.44. The largest absolute Gasteiger partial charge is 0.393 e. The molecule has 0 aliphatic heterocycles. The Morgan fingerprint density at radius 2 is 1.94 bits per heavy atom. The van der Waals surface area contributed by atoms with Crippen LogP contribution >= 0.6 is 11.8 Å². The van der Waals surface area contributed by atoms with Gasteiger partial charge in [0.1, 0.15) is 0 Å². The summed E-state index contributed by atoms with van der Waals surface area (Å²) in [7, 11) is 0. The minimum absolute atomic E-state index is 0.0743. The van der Waals surface area contributed by atoms with Gasteiger partial charge >= 0.3 is 0 Å². The molecule has 1 aliphatic carbocycles. The first kappa shape index (κ1) is 13.0. The topological polar surface area (TPSA) is 20.2 Å². The van der Waals surface area contributed by atoms with Gasteiger partial charge in [0, 0.05) is 10.1 Å². The summed E-state index contributed by atoms with van der Waals surface area (Å²) in [5.74, 6) is 1.05. The first-order chi connectivity index (χ1) is 8.11. The molecule has 1 saturated carbocycles. The van der Waals surface area contributed by atoms with E-state index in [1.165, 1.54) is 10.5 Å². The molecule has 3 atom stereocenters. The van der Waals surface area contributed by atoms with E-state index in [1.54, 1.807) is 0 Å². The molecule has 1 aromatic rings. The average Bonchev–Trinajstić information content (AvgIpc) is 2.27. The van der Waals surface area contributed by atoms with Crippen molar-refractivity contribution in [1.29, 1.82) is 0 Å². The van der Waals surface area contributed by atoms with Gasteiger partial charge in [-0.1, -0.05) is 39.3 Å². The number of hydrogen-bond acceptors (Lipinski definition) is 2. The van der Waals surface area contributed by atoms with Crippen molar-refractivity contribution in [2.45, 2.75) is 55.8 Å². The summed E-state index contributed by atoms with van der Waals surface area (Å²) in [4.78, 5) is 1.34. The van der Waals surface area contributed by atoms with Crippen molar-refractivity contribution in [2.75, 3.05) is 0 Å². The van der Waals surface area contributed by atoms with Crippen molar-refractivity contribution < 1.29 is 5.11 Å². The summed E-state index contributed by atoms with van der Waals surface area (Å²) in [5.41, 5.74) is 1.40. The highest BCUT2D eigenvalue weighted by atomic mass is 32.2. The van der Waals surface area contributed by atoms with Gasteiger partial charge in [-0.2, -0.15) is 0 Å². The average molecular weight is 250 g/mol. The van der Waals surface area contributed by atoms with Gasteiger partial charge in [0.05, 0.1) is 6.10 Å². The summed E-state index contributed by atoms with van der Waals surface area (Å²) in [6.07, 6.45) is 1.94. The molecule has 17 heavy (non-hydrogen) atoms. The smallest absolute Gasteiger partial charge is 0.0580 e. The molecule has 3 unspecified atom stereocenters. The lowest BCUT2D eigenvalue weighted by atomic mass is 9.66. The highest BCUT2D eigenvalue weighted by Crippen LogP contribution is 2.44. The SMILES string of the molecule is CCC1C(O)CC1c1ccc(SC(C)C)cc1. The molecule has 1 fully saturated rings. The second-order valence-corrected chi connectivity index (χ2v) is 6.87. The molecule has 1 aromatic carbocycles. The van der Waals surface area contributed by atoms with Gasteiger partial charge in [-0.05, 0) is 36.0 Å². The predicted octanol–water partition coefficient (Wildman–Crippen LogP) is 4.06. The van der Waals surface area contributed by atoms with E-state index in [1.807, 2.05) is 11.8 Å². The molecule has 0 radical (unpaired) electrons. The molecular weight excluding hydrogens is 228 g/mol. The van der Waals surface area contributed by atoms with E-state index < -0.39 is 0 Å². The monoisotopic (exact) mass is 250 g/mol. The number of rotatable bonds is 4. The van der Waals surface area contributed by atoms with Crippen LogP contribution in [0.4, 0.5) is 0 Å². The number of thioether (sulfide) groups is 1. The van der Waals surface area contributed by atoms with Gasteiger partial charge in [0.2, 0.25) is 0 Å². The van der Waals surface area contributed by atoms with E-state index in [0.29, 0.717) is 17.1 Å². The fourth-order valence-corrected chi connectivity index (χ4v) is 3.53. The third kappa shape index (κ3) is 2.86. The molecule has 0 heterocycles. The Labute approximate surface area is 109 Å². The zero-order valence-electron chi connectivity index (χ0n) is 10.9. The summed E-state index contributed by atoms with van der Waals surface area (Å²) >= 11 is 1.90. The molecule has 0 spiro atoms. The van der Waals surface area contributed by atoms with Crippen LogP contribution in [0.3, 0.4) is 0 Å². The van der Waals surface area contributed by atoms with Gasteiger partial charge in [-0.3, -0.25) is 0 Å². The van der Waals surface area contributed by atoms with E-state index in [2.05, 4.69) is 45.0 Å². The Bertz CT molecular complexity index is 358. The van der Waals surface area contributed by atoms with Crippen LogP contribution in [0.1, 0.15) is 45.1 Å². The molecule has 2 rings (SSSR count). The Morgan fingerprint density at radius 3 is 2.41 bits per heavy atom. The van der Waals surface area contributed by atoms with Crippen molar-refractivity contribution in [3.8, 4) is 0 Å².